The number of carboxylic acid groups (broad SMARTS) is 1. The smallest absolute Gasteiger partial charge is 0.410 e. The van der Waals surface area contributed by atoms with Gasteiger partial charge in [0.15, 0.2) is 0 Å². The zero-order chi connectivity index (χ0) is 13.8. The Morgan fingerprint density at radius 1 is 1.50 bits per heavy atom. The maximum absolute atomic E-state index is 11.6. The van der Waals surface area contributed by atoms with Gasteiger partial charge in [-0.15, -0.1) is 0 Å². The highest BCUT2D eigenvalue weighted by molar-refractivity contribution is 5.86. The van der Waals surface area contributed by atoms with Crippen LogP contribution >= 0.6 is 0 Å². The summed E-state index contributed by atoms with van der Waals surface area (Å²) in [5, 5.41) is 9.24. The van der Waals surface area contributed by atoms with Crippen LogP contribution in [0.15, 0.2) is 12.7 Å². The van der Waals surface area contributed by atoms with Crippen molar-refractivity contribution in [1.82, 2.24) is 4.90 Å². The Hall–Kier alpha value is -1.85. The SMILES string of the molecule is C=CCOC(=O)N1CCC(CC(C)=O)(C(=O)O)C1. The average molecular weight is 255 g/mol. The Morgan fingerprint density at radius 2 is 2.17 bits per heavy atom. The van der Waals surface area contributed by atoms with Crippen molar-refractivity contribution in [3.8, 4) is 0 Å². The van der Waals surface area contributed by atoms with Gasteiger partial charge >= 0.3 is 12.1 Å². The van der Waals surface area contributed by atoms with Gasteiger partial charge in [0.25, 0.3) is 0 Å². The first kappa shape index (κ1) is 14.2. The molecule has 1 fully saturated rings. The Bertz CT molecular complexity index is 379. The van der Waals surface area contributed by atoms with Crippen LogP contribution in [0.1, 0.15) is 19.8 Å². The zero-order valence-corrected chi connectivity index (χ0v) is 10.3. The van der Waals surface area contributed by atoms with E-state index in [9.17, 15) is 19.5 Å². The van der Waals surface area contributed by atoms with Crippen LogP contribution in [0.5, 0.6) is 0 Å². The van der Waals surface area contributed by atoms with Crippen molar-refractivity contribution in [1.29, 1.82) is 0 Å². The maximum Gasteiger partial charge on any atom is 0.410 e. The van der Waals surface area contributed by atoms with Crippen LogP contribution in [0.4, 0.5) is 4.79 Å². The Kier molecular flexibility index (Phi) is 4.47. The van der Waals surface area contributed by atoms with Gasteiger partial charge in [0.2, 0.25) is 0 Å². The normalized spacial score (nSPS) is 22.6. The van der Waals surface area contributed by atoms with Gasteiger partial charge in [-0.2, -0.15) is 0 Å². The summed E-state index contributed by atoms with van der Waals surface area (Å²) in [5.41, 5.74) is -1.17. The fraction of sp³-hybridized carbons (Fsp3) is 0.583. The number of rotatable bonds is 5. The molecule has 0 aromatic carbocycles. The van der Waals surface area contributed by atoms with Crippen molar-refractivity contribution in [2.75, 3.05) is 19.7 Å². The zero-order valence-electron chi connectivity index (χ0n) is 10.3. The van der Waals surface area contributed by atoms with Gasteiger partial charge in [-0.3, -0.25) is 9.59 Å². The van der Waals surface area contributed by atoms with Gasteiger partial charge in [-0.25, -0.2) is 4.79 Å². The molecule has 1 heterocycles. The number of nitrogens with zero attached hydrogens (tertiary/aromatic N) is 1. The first-order valence-corrected chi connectivity index (χ1v) is 5.67. The molecule has 0 aromatic heterocycles. The molecule has 1 aliphatic rings. The highest BCUT2D eigenvalue weighted by Gasteiger charge is 2.47. The lowest BCUT2D eigenvalue weighted by atomic mass is 9.82. The topological polar surface area (TPSA) is 83.9 Å². The quantitative estimate of drug-likeness (QED) is 0.743. The molecule has 18 heavy (non-hydrogen) atoms. The summed E-state index contributed by atoms with van der Waals surface area (Å²) in [5.74, 6) is -1.24. The van der Waals surface area contributed by atoms with E-state index >= 15 is 0 Å². The number of hydrogen-bond acceptors (Lipinski definition) is 4. The van der Waals surface area contributed by atoms with Gasteiger partial charge in [-0.1, -0.05) is 12.7 Å². The molecule has 6 nitrogen and oxygen atoms in total. The van der Waals surface area contributed by atoms with Gasteiger partial charge in [0.05, 0.1) is 5.41 Å². The summed E-state index contributed by atoms with van der Waals surface area (Å²) in [6, 6.07) is 0. The first-order chi connectivity index (χ1) is 8.41. The lowest BCUT2D eigenvalue weighted by molar-refractivity contribution is -0.150. The van der Waals surface area contributed by atoms with Crippen LogP contribution in [-0.2, 0) is 14.3 Å². The van der Waals surface area contributed by atoms with Crippen LogP contribution in [0.2, 0.25) is 0 Å². The third-order valence-electron chi connectivity index (χ3n) is 2.98. The molecule has 0 spiro atoms. The third kappa shape index (κ3) is 3.09. The molecule has 1 atom stereocenters. The van der Waals surface area contributed by atoms with E-state index < -0.39 is 17.5 Å². The molecule has 1 N–H and O–H groups in total. The molecule has 0 aliphatic carbocycles. The molecule has 6 heteroatoms. The number of hydrogen-bond donors (Lipinski definition) is 1. The Morgan fingerprint density at radius 3 is 2.67 bits per heavy atom. The van der Waals surface area contributed by atoms with Crippen molar-refractivity contribution in [2.24, 2.45) is 5.41 Å². The number of amides is 1. The van der Waals surface area contributed by atoms with E-state index in [0.717, 1.165) is 0 Å². The largest absolute Gasteiger partial charge is 0.481 e. The molecule has 0 bridgehead atoms. The van der Waals surface area contributed by atoms with Crippen molar-refractivity contribution >= 4 is 17.8 Å². The Labute approximate surface area is 105 Å². The molecule has 1 amide bonds. The van der Waals surface area contributed by atoms with Crippen LogP contribution < -0.4 is 0 Å². The number of carboxylic acids is 1. The monoisotopic (exact) mass is 255 g/mol. The summed E-state index contributed by atoms with van der Waals surface area (Å²) in [4.78, 5) is 35.3. The van der Waals surface area contributed by atoms with Gasteiger partial charge in [0.1, 0.15) is 12.4 Å². The Balaban J connectivity index is 2.71. The van der Waals surface area contributed by atoms with Crippen molar-refractivity contribution in [3.05, 3.63) is 12.7 Å². The molecule has 0 aromatic rings. The number of carbonyl (C=O) groups excluding carboxylic acids is 2. The molecule has 100 valence electrons. The van der Waals surface area contributed by atoms with Crippen LogP contribution in [0.3, 0.4) is 0 Å². The molecule has 0 saturated carbocycles. The number of likely N-dealkylation sites (tertiary alicyclic amines) is 1. The number of ketones is 1. The summed E-state index contributed by atoms with van der Waals surface area (Å²) < 4.78 is 4.84. The average Bonchev–Trinajstić information content (AvgIpc) is 2.70. The fourth-order valence-corrected chi connectivity index (χ4v) is 2.12. The van der Waals surface area contributed by atoms with E-state index in [-0.39, 0.29) is 38.3 Å². The first-order valence-electron chi connectivity index (χ1n) is 5.67. The third-order valence-corrected chi connectivity index (χ3v) is 2.98. The van der Waals surface area contributed by atoms with Crippen LogP contribution in [0, 0.1) is 5.41 Å². The summed E-state index contributed by atoms with van der Waals surface area (Å²) in [6.07, 6.45) is 1.08. The predicted molar refractivity (Wildman–Crippen MR) is 63.1 cm³/mol. The summed E-state index contributed by atoms with van der Waals surface area (Å²) in [7, 11) is 0. The van der Waals surface area contributed by atoms with E-state index in [1.807, 2.05) is 0 Å². The van der Waals surface area contributed by atoms with E-state index in [1.54, 1.807) is 0 Å². The van der Waals surface area contributed by atoms with E-state index in [0.29, 0.717) is 0 Å². The van der Waals surface area contributed by atoms with E-state index in [4.69, 9.17) is 4.74 Å². The highest BCUT2D eigenvalue weighted by atomic mass is 16.6. The van der Waals surface area contributed by atoms with Crippen molar-refractivity contribution in [3.63, 3.8) is 0 Å². The summed E-state index contributed by atoms with van der Waals surface area (Å²) >= 11 is 0. The second kappa shape index (κ2) is 5.66. The number of aliphatic carboxylic acids is 1. The lowest BCUT2D eigenvalue weighted by Gasteiger charge is -2.23. The molecular formula is C12H17NO5. The molecule has 1 unspecified atom stereocenters. The molecular weight excluding hydrogens is 238 g/mol. The molecule has 1 rings (SSSR count). The van der Waals surface area contributed by atoms with Crippen LogP contribution in [0.25, 0.3) is 0 Å². The van der Waals surface area contributed by atoms with E-state index in [2.05, 4.69) is 6.58 Å². The minimum Gasteiger partial charge on any atom is -0.481 e. The van der Waals surface area contributed by atoms with Gasteiger partial charge in [-0.05, 0) is 13.3 Å². The van der Waals surface area contributed by atoms with Crippen molar-refractivity contribution < 1.29 is 24.2 Å². The lowest BCUT2D eigenvalue weighted by Crippen LogP contribution is -2.38. The molecule has 0 radical (unpaired) electrons. The number of ether oxygens (including phenoxy) is 1. The standard InChI is InChI=1S/C12H17NO5/c1-3-6-18-11(17)13-5-4-12(8-13,10(15)16)7-9(2)14/h3H,1,4-8H2,2H3,(H,15,16). The fourth-order valence-electron chi connectivity index (χ4n) is 2.12. The molecule has 1 aliphatic heterocycles. The second-order valence-electron chi connectivity index (χ2n) is 4.50. The highest BCUT2D eigenvalue weighted by Crippen LogP contribution is 2.35. The minimum absolute atomic E-state index is 0.0118. The van der Waals surface area contributed by atoms with Gasteiger partial charge < -0.3 is 14.7 Å². The molecule has 1 saturated heterocycles. The van der Waals surface area contributed by atoms with Gasteiger partial charge in [0, 0.05) is 19.5 Å². The van der Waals surface area contributed by atoms with E-state index in [1.165, 1.54) is 17.9 Å². The number of Topliss-reactive ketones (excluding diaryl/α,β-unsaturated/α-hetero) is 1. The summed E-state index contributed by atoms with van der Waals surface area (Å²) in [6.45, 7) is 5.16. The maximum atomic E-state index is 11.6. The second-order valence-corrected chi connectivity index (χ2v) is 4.50. The van der Waals surface area contributed by atoms with Crippen molar-refractivity contribution in [2.45, 2.75) is 19.8 Å². The number of carbonyl (C=O) groups is 3. The minimum atomic E-state index is -1.17. The van der Waals surface area contributed by atoms with Crippen LogP contribution in [-0.4, -0.2) is 47.5 Å². The predicted octanol–water partition coefficient (Wildman–Crippen LogP) is 1.06.